The third-order valence-corrected chi connectivity index (χ3v) is 1.96. The number of hydrogen-bond acceptors (Lipinski definition) is 5. The van der Waals surface area contributed by atoms with Crippen molar-refractivity contribution in [1.82, 2.24) is 20.6 Å². The van der Waals surface area contributed by atoms with Crippen LogP contribution in [0.3, 0.4) is 0 Å². The highest BCUT2D eigenvalue weighted by molar-refractivity contribution is 5.96. The van der Waals surface area contributed by atoms with Crippen molar-refractivity contribution < 1.29 is 4.79 Å². The minimum absolute atomic E-state index is 0.154. The summed E-state index contributed by atoms with van der Waals surface area (Å²) in [6.45, 7) is 4.32. The van der Waals surface area contributed by atoms with Crippen molar-refractivity contribution in [2.45, 2.75) is 13.3 Å². The molecular formula is C10H17N5O. The van der Waals surface area contributed by atoms with Crippen molar-refractivity contribution >= 4 is 11.7 Å². The van der Waals surface area contributed by atoms with E-state index in [4.69, 9.17) is 5.73 Å². The summed E-state index contributed by atoms with van der Waals surface area (Å²) in [5.41, 5.74) is 5.70. The van der Waals surface area contributed by atoms with Crippen LogP contribution in [0.5, 0.6) is 0 Å². The molecule has 0 fully saturated rings. The summed E-state index contributed by atoms with van der Waals surface area (Å²) in [5.74, 6) is -0.134. The van der Waals surface area contributed by atoms with Crippen molar-refractivity contribution in [3.8, 4) is 0 Å². The van der Waals surface area contributed by atoms with Crippen molar-refractivity contribution in [2.75, 3.05) is 25.4 Å². The number of rotatable bonds is 6. The summed E-state index contributed by atoms with van der Waals surface area (Å²) in [5, 5.41) is 5.89. The molecule has 1 aromatic heterocycles. The molecule has 0 unspecified atom stereocenters. The highest BCUT2D eigenvalue weighted by atomic mass is 16.1. The Labute approximate surface area is 94.7 Å². The highest BCUT2D eigenvalue weighted by Gasteiger charge is 2.10. The zero-order valence-corrected chi connectivity index (χ0v) is 9.36. The lowest BCUT2D eigenvalue weighted by atomic mass is 10.3. The van der Waals surface area contributed by atoms with Gasteiger partial charge < -0.3 is 16.4 Å². The first-order valence-electron chi connectivity index (χ1n) is 5.31. The molecule has 0 aliphatic heterocycles. The molecule has 6 heteroatoms. The Morgan fingerprint density at radius 2 is 2.06 bits per heavy atom. The fraction of sp³-hybridized carbons (Fsp3) is 0.500. The quantitative estimate of drug-likeness (QED) is 0.580. The fourth-order valence-electron chi connectivity index (χ4n) is 1.17. The highest BCUT2D eigenvalue weighted by Crippen LogP contribution is 2.01. The van der Waals surface area contributed by atoms with Crippen LogP contribution >= 0.6 is 0 Å². The van der Waals surface area contributed by atoms with E-state index in [2.05, 4.69) is 27.5 Å². The summed E-state index contributed by atoms with van der Waals surface area (Å²) in [7, 11) is 0. The predicted molar refractivity (Wildman–Crippen MR) is 61.9 cm³/mol. The maximum Gasteiger partial charge on any atom is 0.273 e. The van der Waals surface area contributed by atoms with Crippen molar-refractivity contribution in [3.63, 3.8) is 0 Å². The van der Waals surface area contributed by atoms with Crippen LogP contribution < -0.4 is 16.4 Å². The number of carbonyl (C=O) groups is 1. The second-order valence-electron chi connectivity index (χ2n) is 3.30. The number of nitrogens with zero attached hydrogens (tertiary/aromatic N) is 2. The molecule has 0 saturated heterocycles. The second kappa shape index (κ2) is 6.73. The lowest BCUT2D eigenvalue weighted by Crippen LogP contribution is -2.33. The van der Waals surface area contributed by atoms with Gasteiger partial charge in [-0.3, -0.25) is 4.79 Å². The molecule has 0 aliphatic rings. The number of nitrogens with two attached hydrogens (primary N) is 1. The molecular weight excluding hydrogens is 206 g/mol. The van der Waals surface area contributed by atoms with Crippen LogP contribution in [0.2, 0.25) is 0 Å². The third-order valence-electron chi connectivity index (χ3n) is 1.96. The normalized spacial score (nSPS) is 10.1. The van der Waals surface area contributed by atoms with E-state index >= 15 is 0 Å². The Morgan fingerprint density at radius 1 is 1.31 bits per heavy atom. The first-order chi connectivity index (χ1) is 7.75. The monoisotopic (exact) mass is 223 g/mol. The molecule has 88 valence electrons. The van der Waals surface area contributed by atoms with Crippen LogP contribution in [-0.4, -0.2) is 35.5 Å². The van der Waals surface area contributed by atoms with Gasteiger partial charge in [-0.2, -0.15) is 0 Å². The van der Waals surface area contributed by atoms with Crippen LogP contribution in [0.1, 0.15) is 23.8 Å². The standard InChI is InChI=1S/C10H17N5O/c1-2-3-12-4-5-15-10(16)8-9(11)14-7-6-13-8/h6-7,12H,2-5H2,1H3,(H2,11,14)(H,15,16). The van der Waals surface area contributed by atoms with E-state index in [0.717, 1.165) is 19.5 Å². The van der Waals surface area contributed by atoms with Gasteiger partial charge in [0.15, 0.2) is 11.5 Å². The van der Waals surface area contributed by atoms with Crippen molar-refractivity contribution in [3.05, 3.63) is 18.1 Å². The van der Waals surface area contributed by atoms with Crippen molar-refractivity contribution in [1.29, 1.82) is 0 Å². The Balaban J connectivity index is 2.33. The van der Waals surface area contributed by atoms with Gasteiger partial charge in [0.1, 0.15) is 0 Å². The molecule has 16 heavy (non-hydrogen) atoms. The largest absolute Gasteiger partial charge is 0.382 e. The third kappa shape index (κ3) is 3.82. The van der Waals surface area contributed by atoms with Gasteiger partial charge in [-0.1, -0.05) is 6.92 Å². The van der Waals surface area contributed by atoms with E-state index < -0.39 is 0 Å². The minimum atomic E-state index is -0.288. The molecule has 1 rings (SSSR count). The van der Waals surface area contributed by atoms with Crippen LogP contribution in [-0.2, 0) is 0 Å². The summed E-state index contributed by atoms with van der Waals surface area (Å²) in [4.78, 5) is 19.2. The van der Waals surface area contributed by atoms with Crippen molar-refractivity contribution in [2.24, 2.45) is 0 Å². The number of amides is 1. The Morgan fingerprint density at radius 3 is 2.75 bits per heavy atom. The number of carbonyl (C=O) groups excluding carboxylic acids is 1. The Bertz CT molecular complexity index is 342. The maximum atomic E-state index is 11.6. The lowest BCUT2D eigenvalue weighted by Gasteiger charge is -2.06. The first kappa shape index (κ1) is 12.4. The van der Waals surface area contributed by atoms with Gasteiger partial charge in [0.2, 0.25) is 0 Å². The van der Waals surface area contributed by atoms with Gasteiger partial charge >= 0.3 is 0 Å². The van der Waals surface area contributed by atoms with Gasteiger partial charge in [0.05, 0.1) is 0 Å². The van der Waals surface area contributed by atoms with Gasteiger partial charge in [-0.15, -0.1) is 0 Å². The predicted octanol–water partition coefficient (Wildman–Crippen LogP) is -0.212. The number of nitrogen functional groups attached to an aromatic ring is 1. The fourth-order valence-corrected chi connectivity index (χ4v) is 1.17. The summed E-state index contributed by atoms with van der Waals surface area (Å²) in [6, 6.07) is 0. The molecule has 1 heterocycles. The molecule has 1 aromatic rings. The molecule has 0 saturated carbocycles. The average Bonchev–Trinajstić information content (AvgIpc) is 2.29. The molecule has 0 bridgehead atoms. The Hall–Kier alpha value is -1.69. The van der Waals surface area contributed by atoms with Gasteiger partial charge in [-0.05, 0) is 13.0 Å². The molecule has 6 nitrogen and oxygen atoms in total. The van der Waals surface area contributed by atoms with Crippen LogP contribution in [0.4, 0.5) is 5.82 Å². The summed E-state index contributed by atoms with van der Waals surface area (Å²) in [6.07, 6.45) is 3.97. The van der Waals surface area contributed by atoms with E-state index in [1.54, 1.807) is 0 Å². The summed E-state index contributed by atoms with van der Waals surface area (Å²) >= 11 is 0. The number of hydrogen-bond donors (Lipinski definition) is 3. The van der Waals surface area contributed by atoms with E-state index in [1.807, 2.05) is 0 Å². The zero-order valence-electron chi connectivity index (χ0n) is 9.36. The molecule has 0 aliphatic carbocycles. The molecule has 0 radical (unpaired) electrons. The number of aromatic nitrogens is 2. The summed E-state index contributed by atoms with van der Waals surface area (Å²) < 4.78 is 0. The number of nitrogens with one attached hydrogen (secondary N) is 2. The molecule has 0 spiro atoms. The van der Waals surface area contributed by atoms with E-state index in [1.165, 1.54) is 12.4 Å². The van der Waals surface area contributed by atoms with E-state index in [0.29, 0.717) is 6.54 Å². The van der Waals surface area contributed by atoms with E-state index in [9.17, 15) is 4.79 Å². The maximum absolute atomic E-state index is 11.6. The molecule has 0 atom stereocenters. The Kier molecular flexibility index (Phi) is 5.21. The van der Waals surface area contributed by atoms with Gasteiger partial charge in [-0.25, -0.2) is 9.97 Å². The first-order valence-corrected chi connectivity index (χ1v) is 5.31. The average molecular weight is 223 g/mol. The van der Waals surface area contributed by atoms with E-state index in [-0.39, 0.29) is 17.4 Å². The molecule has 4 N–H and O–H groups in total. The van der Waals surface area contributed by atoms with Crippen LogP contribution in [0, 0.1) is 0 Å². The topological polar surface area (TPSA) is 92.9 Å². The minimum Gasteiger partial charge on any atom is -0.382 e. The smallest absolute Gasteiger partial charge is 0.273 e. The molecule has 1 amide bonds. The van der Waals surface area contributed by atoms with Crippen LogP contribution in [0.25, 0.3) is 0 Å². The number of anilines is 1. The SMILES string of the molecule is CCCNCCNC(=O)c1nccnc1N. The molecule has 0 aromatic carbocycles. The van der Waals surface area contributed by atoms with Crippen LogP contribution in [0.15, 0.2) is 12.4 Å². The van der Waals surface area contributed by atoms with Gasteiger partial charge in [0, 0.05) is 25.5 Å². The second-order valence-corrected chi connectivity index (χ2v) is 3.30. The zero-order chi connectivity index (χ0) is 11.8. The van der Waals surface area contributed by atoms with Gasteiger partial charge in [0.25, 0.3) is 5.91 Å². The lowest BCUT2D eigenvalue weighted by molar-refractivity contribution is 0.0949.